The molecule has 0 saturated heterocycles. The van der Waals surface area contributed by atoms with Crippen LogP contribution in [0, 0.1) is 19.7 Å². The van der Waals surface area contributed by atoms with E-state index in [0.717, 1.165) is 11.1 Å². The minimum Gasteiger partial charge on any atom is -0.482 e. The lowest BCUT2D eigenvalue weighted by Gasteiger charge is -2.15. The minimum absolute atomic E-state index is 0.339. The predicted octanol–water partition coefficient (Wildman–Crippen LogP) is 3.39. The molecule has 2 rings (SSSR count). The van der Waals surface area contributed by atoms with Crippen LogP contribution in [0.1, 0.15) is 18.1 Å². The van der Waals surface area contributed by atoms with Crippen molar-refractivity contribution >= 4 is 17.6 Å². The van der Waals surface area contributed by atoms with Gasteiger partial charge in [-0.3, -0.25) is 4.79 Å². The first-order valence-electron chi connectivity index (χ1n) is 7.81. The number of anilines is 1. The zero-order valence-corrected chi connectivity index (χ0v) is 14.3. The Morgan fingerprint density at radius 2 is 1.80 bits per heavy atom. The van der Waals surface area contributed by atoms with Crippen LogP contribution in [0.25, 0.3) is 0 Å². The molecule has 0 spiro atoms. The van der Waals surface area contributed by atoms with Crippen LogP contribution in [-0.2, 0) is 14.3 Å². The van der Waals surface area contributed by atoms with Crippen molar-refractivity contribution in [3.63, 3.8) is 0 Å². The van der Waals surface area contributed by atoms with Gasteiger partial charge in [0.25, 0.3) is 5.91 Å². The van der Waals surface area contributed by atoms with Crippen LogP contribution in [0.2, 0.25) is 0 Å². The fourth-order valence-electron chi connectivity index (χ4n) is 2.06. The molecule has 0 aliphatic heterocycles. The van der Waals surface area contributed by atoms with Gasteiger partial charge in [0.2, 0.25) is 0 Å². The summed E-state index contributed by atoms with van der Waals surface area (Å²) in [6, 6.07) is 10.9. The number of carbonyl (C=O) groups is 2. The normalized spacial score (nSPS) is 11.5. The van der Waals surface area contributed by atoms with Gasteiger partial charge in [0, 0.05) is 5.69 Å². The van der Waals surface area contributed by atoms with E-state index in [1.54, 1.807) is 0 Å². The number of carbonyl (C=O) groups excluding carboxylic acids is 2. The Balaban J connectivity index is 1.84. The summed E-state index contributed by atoms with van der Waals surface area (Å²) in [5.41, 5.74) is 2.60. The Morgan fingerprint density at radius 3 is 2.48 bits per heavy atom. The summed E-state index contributed by atoms with van der Waals surface area (Å²) in [5.74, 6) is -1.17. The fourth-order valence-corrected chi connectivity index (χ4v) is 2.06. The molecule has 0 bridgehead atoms. The first-order valence-corrected chi connectivity index (χ1v) is 7.81. The van der Waals surface area contributed by atoms with Gasteiger partial charge in [0.05, 0.1) is 0 Å². The third-order valence-corrected chi connectivity index (χ3v) is 3.50. The standard InChI is InChI=1S/C19H20FNO4/c1-12-4-5-13(2)17(10-12)21-19(23)14(3)25-18(22)11-24-16-8-6-15(20)7-9-16/h4-10,14H,11H2,1-3H3,(H,21,23)/t14-/m1/s1. The van der Waals surface area contributed by atoms with Crippen molar-refractivity contribution < 1.29 is 23.5 Å². The summed E-state index contributed by atoms with van der Waals surface area (Å²) >= 11 is 0. The lowest BCUT2D eigenvalue weighted by Crippen LogP contribution is -2.31. The van der Waals surface area contributed by atoms with Crippen molar-refractivity contribution in [1.82, 2.24) is 0 Å². The Bertz CT molecular complexity index is 759. The second-order valence-corrected chi connectivity index (χ2v) is 5.68. The highest BCUT2D eigenvalue weighted by Gasteiger charge is 2.19. The number of aryl methyl sites for hydroxylation is 2. The van der Waals surface area contributed by atoms with E-state index in [1.165, 1.54) is 31.2 Å². The number of esters is 1. The summed E-state index contributed by atoms with van der Waals surface area (Å²) in [6.45, 7) is 4.91. The summed E-state index contributed by atoms with van der Waals surface area (Å²) in [5, 5.41) is 2.74. The molecule has 0 radical (unpaired) electrons. The van der Waals surface area contributed by atoms with E-state index in [0.29, 0.717) is 11.4 Å². The zero-order valence-electron chi connectivity index (χ0n) is 14.3. The highest BCUT2D eigenvalue weighted by atomic mass is 19.1. The minimum atomic E-state index is -0.968. The number of benzene rings is 2. The van der Waals surface area contributed by atoms with Crippen molar-refractivity contribution in [3.05, 3.63) is 59.4 Å². The van der Waals surface area contributed by atoms with Gasteiger partial charge in [-0.05, 0) is 62.2 Å². The number of nitrogens with one attached hydrogen (secondary N) is 1. The molecule has 0 aliphatic carbocycles. The van der Waals surface area contributed by atoms with E-state index in [9.17, 15) is 14.0 Å². The van der Waals surface area contributed by atoms with Crippen molar-refractivity contribution in [1.29, 1.82) is 0 Å². The first kappa shape index (κ1) is 18.4. The summed E-state index contributed by atoms with van der Waals surface area (Å²) < 4.78 is 23.0. The predicted molar refractivity (Wildman–Crippen MR) is 92.0 cm³/mol. The molecule has 1 N–H and O–H groups in total. The summed E-state index contributed by atoms with van der Waals surface area (Å²) in [7, 11) is 0. The van der Waals surface area contributed by atoms with Gasteiger partial charge in [-0.15, -0.1) is 0 Å². The fraction of sp³-hybridized carbons (Fsp3) is 0.263. The van der Waals surface area contributed by atoms with Gasteiger partial charge in [0.15, 0.2) is 12.7 Å². The lowest BCUT2D eigenvalue weighted by molar-refractivity contribution is -0.155. The third kappa shape index (κ3) is 5.60. The van der Waals surface area contributed by atoms with Crippen LogP contribution in [0.15, 0.2) is 42.5 Å². The molecule has 0 fully saturated rings. The van der Waals surface area contributed by atoms with Crippen molar-refractivity contribution in [3.8, 4) is 5.75 Å². The maximum atomic E-state index is 12.8. The van der Waals surface area contributed by atoms with Crippen LogP contribution >= 0.6 is 0 Å². The van der Waals surface area contributed by atoms with E-state index in [4.69, 9.17) is 9.47 Å². The Kier molecular flexibility index (Phi) is 6.11. The molecule has 0 aliphatic rings. The lowest BCUT2D eigenvalue weighted by atomic mass is 10.1. The molecule has 0 heterocycles. The average molecular weight is 345 g/mol. The maximum absolute atomic E-state index is 12.8. The Morgan fingerprint density at radius 1 is 1.12 bits per heavy atom. The molecule has 0 saturated carbocycles. The number of amides is 1. The van der Waals surface area contributed by atoms with E-state index < -0.39 is 23.8 Å². The number of ether oxygens (including phenoxy) is 2. The zero-order chi connectivity index (χ0) is 18.4. The first-order chi connectivity index (χ1) is 11.8. The maximum Gasteiger partial charge on any atom is 0.344 e. The SMILES string of the molecule is Cc1ccc(C)c(NC(=O)[C@@H](C)OC(=O)COc2ccc(F)cc2)c1. The number of hydrogen-bond donors (Lipinski definition) is 1. The number of hydrogen-bond acceptors (Lipinski definition) is 4. The molecule has 6 heteroatoms. The van der Waals surface area contributed by atoms with Gasteiger partial charge in [-0.1, -0.05) is 12.1 Å². The Labute approximate surface area is 145 Å². The van der Waals surface area contributed by atoms with Crippen LogP contribution in [-0.4, -0.2) is 24.6 Å². The van der Waals surface area contributed by atoms with Gasteiger partial charge in [-0.25, -0.2) is 9.18 Å². The molecule has 25 heavy (non-hydrogen) atoms. The van der Waals surface area contributed by atoms with Crippen LogP contribution < -0.4 is 10.1 Å². The third-order valence-electron chi connectivity index (χ3n) is 3.50. The summed E-state index contributed by atoms with van der Waals surface area (Å²) in [6.07, 6.45) is -0.968. The van der Waals surface area contributed by atoms with Gasteiger partial charge in [-0.2, -0.15) is 0 Å². The van der Waals surface area contributed by atoms with Crippen molar-refractivity contribution in [2.75, 3.05) is 11.9 Å². The molecular formula is C19H20FNO4. The van der Waals surface area contributed by atoms with Gasteiger partial charge >= 0.3 is 5.97 Å². The monoisotopic (exact) mass is 345 g/mol. The van der Waals surface area contributed by atoms with Crippen molar-refractivity contribution in [2.45, 2.75) is 26.9 Å². The quantitative estimate of drug-likeness (QED) is 0.815. The molecule has 2 aromatic carbocycles. The highest BCUT2D eigenvalue weighted by molar-refractivity contribution is 5.95. The molecule has 1 atom stereocenters. The van der Waals surface area contributed by atoms with E-state index in [1.807, 2.05) is 32.0 Å². The molecule has 2 aromatic rings. The molecule has 5 nitrogen and oxygen atoms in total. The average Bonchev–Trinajstić information content (AvgIpc) is 2.57. The van der Waals surface area contributed by atoms with Crippen LogP contribution in [0.5, 0.6) is 5.75 Å². The molecule has 132 valence electrons. The largest absolute Gasteiger partial charge is 0.482 e. The van der Waals surface area contributed by atoms with Crippen LogP contribution in [0.3, 0.4) is 0 Å². The number of halogens is 1. The van der Waals surface area contributed by atoms with E-state index in [2.05, 4.69) is 5.32 Å². The molecule has 1 amide bonds. The van der Waals surface area contributed by atoms with Gasteiger partial charge < -0.3 is 14.8 Å². The van der Waals surface area contributed by atoms with Crippen molar-refractivity contribution in [2.24, 2.45) is 0 Å². The number of rotatable bonds is 6. The topological polar surface area (TPSA) is 64.6 Å². The highest BCUT2D eigenvalue weighted by Crippen LogP contribution is 2.17. The van der Waals surface area contributed by atoms with Gasteiger partial charge in [0.1, 0.15) is 11.6 Å². The molecular weight excluding hydrogens is 325 g/mol. The Hall–Kier alpha value is -2.89. The van der Waals surface area contributed by atoms with E-state index >= 15 is 0 Å². The van der Waals surface area contributed by atoms with Crippen LogP contribution in [0.4, 0.5) is 10.1 Å². The second-order valence-electron chi connectivity index (χ2n) is 5.68. The summed E-state index contributed by atoms with van der Waals surface area (Å²) in [4.78, 5) is 23.9. The second kappa shape index (κ2) is 8.28. The molecule has 0 aromatic heterocycles. The smallest absolute Gasteiger partial charge is 0.344 e. The van der Waals surface area contributed by atoms with E-state index in [-0.39, 0.29) is 6.61 Å². The molecule has 0 unspecified atom stereocenters.